The Morgan fingerprint density at radius 1 is 1.00 bits per heavy atom. The summed E-state index contributed by atoms with van der Waals surface area (Å²) in [7, 11) is 0. The normalized spacial score (nSPS) is 19.4. The van der Waals surface area contributed by atoms with Crippen LogP contribution >= 0.6 is 92.7 Å². The van der Waals surface area contributed by atoms with Gasteiger partial charge in [0, 0.05) is 29.6 Å². The van der Waals surface area contributed by atoms with Gasteiger partial charge in [-0.3, -0.25) is 4.90 Å². The topological polar surface area (TPSA) is 58.0 Å². The molecule has 0 aliphatic carbocycles. The van der Waals surface area contributed by atoms with E-state index in [0.717, 1.165) is 55.5 Å². The summed E-state index contributed by atoms with van der Waals surface area (Å²) in [4.78, 5) is 13.1. The molecule has 1 fully saturated rings. The van der Waals surface area contributed by atoms with Crippen molar-refractivity contribution in [2.75, 3.05) is 24.5 Å². The molecule has 2 aromatic rings. The Hall–Kier alpha value is 0.620. The van der Waals surface area contributed by atoms with E-state index in [-0.39, 0.29) is 17.7 Å². The molecule has 3 heterocycles. The summed E-state index contributed by atoms with van der Waals surface area (Å²) in [6.07, 6.45) is 1.99. The van der Waals surface area contributed by atoms with Gasteiger partial charge in [0.25, 0.3) is 7.59 Å². The van der Waals surface area contributed by atoms with E-state index in [0.29, 0.717) is 10.3 Å². The Labute approximate surface area is 195 Å². The predicted octanol–water partition coefficient (Wildman–Crippen LogP) is 5.67. The number of nitrogens with zero attached hydrogens (tertiary/aromatic N) is 6. The molecule has 3 rings (SSSR count). The quantitative estimate of drug-likeness (QED) is 0.475. The SMILES string of the molecule is CCN1CCCC(N(c2nc(C(Cl)(Cl)Cl)ns2)c2nc(C(Cl)(Cl)Cl)ns2)C1. The first-order valence-electron chi connectivity index (χ1n) is 7.93. The Balaban J connectivity index is 1.99. The summed E-state index contributed by atoms with van der Waals surface area (Å²) in [6.45, 7) is 4.97. The smallest absolute Gasteiger partial charge is 0.251 e. The number of likely N-dealkylation sites (N-methyl/N-ethyl adjacent to an activating group) is 1. The summed E-state index contributed by atoms with van der Waals surface area (Å²) < 4.78 is 4.96. The largest absolute Gasteiger partial charge is 0.302 e. The number of rotatable bonds is 4. The van der Waals surface area contributed by atoms with E-state index >= 15 is 0 Å². The molecule has 0 aromatic carbocycles. The van der Waals surface area contributed by atoms with Gasteiger partial charge in [0.15, 0.2) is 11.6 Å². The summed E-state index contributed by atoms with van der Waals surface area (Å²) >= 11 is 37.8. The first-order chi connectivity index (χ1) is 12.6. The third-order valence-electron chi connectivity index (χ3n) is 4.04. The molecule has 27 heavy (non-hydrogen) atoms. The van der Waals surface area contributed by atoms with Gasteiger partial charge in [-0.1, -0.05) is 76.5 Å². The highest BCUT2D eigenvalue weighted by molar-refractivity contribution is 7.12. The van der Waals surface area contributed by atoms with Gasteiger partial charge in [-0.2, -0.15) is 18.7 Å². The molecular formula is C13H14Cl6N6S2. The highest BCUT2D eigenvalue weighted by Gasteiger charge is 2.36. The lowest BCUT2D eigenvalue weighted by molar-refractivity contribution is 0.218. The molecule has 1 aliphatic rings. The second-order valence-electron chi connectivity index (χ2n) is 5.86. The number of halogens is 6. The maximum absolute atomic E-state index is 5.93. The minimum Gasteiger partial charge on any atom is -0.302 e. The van der Waals surface area contributed by atoms with Gasteiger partial charge in [-0.25, -0.2) is 0 Å². The fourth-order valence-corrected chi connectivity index (χ4v) is 5.24. The monoisotopic (exact) mass is 528 g/mol. The average molecular weight is 531 g/mol. The van der Waals surface area contributed by atoms with Gasteiger partial charge < -0.3 is 4.90 Å². The number of anilines is 2. The number of alkyl halides is 6. The van der Waals surface area contributed by atoms with E-state index < -0.39 is 7.59 Å². The highest BCUT2D eigenvalue weighted by atomic mass is 35.6. The fraction of sp³-hybridized carbons (Fsp3) is 0.692. The summed E-state index contributed by atoms with van der Waals surface area (Å²) in [6, 6.07) is 0.103. The van der Waals surface area contributed by atoms with Crippen LogP contribution in [0, 0.1) is 0 Å². The minimum atomic E-state index is -1.70. The lowest BCUT2D eigenvalue weighted by Crippen LogP contribution is -2.46. The van der Waals surface area contributed by atoms with Crippen LogP contribution in [0.4, 0.5) is 10.3 Å². The molecule has 1 unspecified atom stereocenters. The van der Waals surface area contributed by atoms with Gasteiger partial charge >= 0.3 is 0 Å². The standard InChI is InChI=1S/C13H14Cl6N6S2/c1-2-24-5-3-4-7(6-24)25(10-20-8(22-26-10)12(14,15)16)11-21-9(23-27-11)13(17,18)19/h7H,2-6H2,1H3. The second kappa shape index (κ2) is 8.78. The van der Waals surface area contributed by atoms with Crippen LogP contribution in [0.15, 0.2) is 0 Å². The second-order valence-corrected chi connectivity index (χ2v) is 11.9. The lowest BCUT2D eigenvalue weighted by atomic mass is 10.0. The molecule has 0 radical (unpaired) electrons. The lowest BCUT2D eigenvalue weighted by Gasteiger charge is -2.37. The Morgan fingerprint density at radius 3 is 1.93 bits per heavy atom. The molecule has 150 valence electrons. The Morgan fingerprint density at radius 2 is 1.52 bits per heavy atom. The van der Waals surface area contributed by atoms with E-state index in [1.165, 1.54) is 0 Å². The van der Waals surface area contributed by atoms with Crippen molar-refractivity contribution in [3.05, 3.63) is 11.6 Å². The Kier molecular flexibility index (Phi) is 7.25. The zero-order chi connectivity index (χ0) is 19.8. The highest BCUT2D eigenvalue weighted by Crippen LogP contribution is 2.42. The Bertz CT molecular complexity index is 720. The summed E-state index contributed by atoms with van der Waals surface area (Å²) in [5.41, 5.74) is 0. The molecule has 0 saturated carbocycles. The zero-order valence-corrected chi connectivity index (χ0v) is 20.0. The van der Waals surface area contributed by atoms with E-state index in [1.807, 2.05) is 4.90 Å². The van der Waals surface area contributed by atoms with Gasteiger partial charge in [0.2, 0.25) is 10.3 Å². The molecule has 0 amide bonds. The van der Waals surface area contributed by atoms with Crippen LogP contribution in [0.3, 0.4) is 0 Å². The number of piperidine rings is 1. The number of hydrogen-bond donors (Lipinski definition) is 0. The third kappa shape index (κ3) is 5.41. The van der Waals surface area contributed by atoms with Crippen LogP contribution in [0.5, 0.6) is 0 Å². The van der Waals surface area contributed by atoms with Crippen molar-refractivity contribution in [3.8, 4) is 0 Å². The van der Waals surface area contributed by atoms with Gasteiger partial charge in [0.05, 0.1) is 6.04 Å². The van der Waals surface area contributed by atoms with E-state index in [2.05, 4.69) is 30.5 Å². The molecule has 0 N–H and O–H groups in total. The average Bonchev–Trinajstić information content (AvgIpc) is 3.24. The minimum absolute atomic E-state index is 0.103. The van der Waals surface area contributed by atoms with Crippen molar-refractivity contribution in [1.29, 1.82) is 0 Å². The van der Waals surface area contributed by atoms with Crippen LogP contribution < -0.4 is 4.90 Å². The predicted molar refractivity (Wildman–Crippen MR) is 116 cm³/mol. The number of likely N-dealkylation sites (tertiary alicyclic amines) is 1. The van der Waals surface area contributed by atoms with Crippen LogP contribution in [-0.4, -0.2) is 49.3 Å². The van der Waals surface area contributed by atoms with Crippen molar-refractivity contribution in [1.82, 2.24) is 23.6 Å². The van der Waals surface area contributed by atoms with Crippen molar-refractivity contribution in [3.63, 3.8) is 0 Å². The maximum Gasteiger partial charge on any atom is 0.251 e. The van der Waals surface area contributed by atoms with Gasteiger partial charge in [0.1, 0.15) is 0 Å². The van der Waals surface area contributed by atoms with Crippen LogP contribution in [-0.2, 0) is 7.59 Å². The van der Waals surface area contributed by atoms with E-state index in [1.54, 1.807) is 0 Å². The molecule has 6 nitrogen and oxygen atoms in total. The number of aromatic nitrogens is 4. The molecule has 2 aromatic heterocycles. The molecule has 1 aliphatic heterocycles. The van der Waals surface area contributed by atoms with Gasteiger partial charge in [-0.05, 0) is 25.9 Å². The molecule has 1 atom stereocenters. The van der Waals surface area contributed by atoms with Crippen LogP contribution in [0.2, 0.25) is 0 Å². The van der Waals surface area contributed by atoms with Crippen molar-refractivity contribution >= 4 is 103 Å². The van der Waals surface area contributed by atoms with Crippen molar-refractivity contribution in [2.24, 2.45) is 0 Å². The van der Waals surface area contributed by atoms with E-state index in [4.69, 9.17) is 69.6 Å². The summed E-state index contributed by atoms with van der Waals surface area (Å²) in [5, 5.41) is 1.12. The third-order valence-corrected chi connectivity index (χ3v) is 6.49. The van der Waals surface area contributed by atoms with Gasteiger partial charge in [-0.15, -0.1) is 0 Å². The first kappa shape index (κ1) is 22.3. The number of hydrogen-bond acceptors (Lipinski definition) is 8. The van der Waals surface area contributed by atoms with Crippen LogP contribution in [0.1, 0.15) is 31.4 Å². The molecule has 14 heteroatoms. The molecular weight excluding hydrogens is 517 g/mol. The fourth-order valence-electron chi connectivity index (χ4n) is 2.78. The van der Waals surface area contributed by atoms with Crippen molar-refractivity contribution in [2.45, 2.75) is 33.4 Å². The molecule has 0 bridgehead atoms. The van der Waals surface area contributed by atoms with Crippen molar-refractivity contribution < 1.29 is 0 Å². The van der Waals surface area contributed by atoms with E-state index in [9.17, 15) is 0 Å². The summed E-state index contributed by atoms with van der Waals surface area (Å²) in [5.74, 6) is 0.235. The first-order valence-corrected chi connectivity index (χ1v) is 11.7. The van der Waals surface area contributed by atoms with Crippen LogP contribution in [0.25, 0.3) is 0 Å². The zero-order valence-electron chi connectivity index (χ0n) is 13.9. The molecule has 0 spiro atoms. The molecule has 1 saturated heterocycles. The maximum atomic E-state index is 5.93.